The molecule has 0 aliphatic carbocycles. The molecule has 78 heavy (non-hydrogen) atoms. The first-order valence-corrected chi connectivity index (χ1v) is 32.9. The first-order valence-electron chi connectivity index (χ1n) is 32.9. The summed E-state index contributed by atoms with van der Waals surface area (Å²) < 4.78 is 22.8. The lowest BCUT2D eigenvalue weighted by molar-refractivity contribution is -0.359. The molecular formula is C64H123NO13. The zero-order valence-corrected chi connectivity index (χ0v) is 49.9. The van der Waals surface area contributed by atoms with E-state index in [0.717, 1.165) is 64.2 Å². The van der Waals surface area contributed by atoms with Crippen LogP contribution in [0.2, 0.25) is 0 Å². The molecule has 12 atom stereocenters. The van der Waals surface area contributed by atoms with Gasteiger partial charge in [0.1, 0.15) is 48.8 Å². The van der Waals surface area contributed by atoms with E-state index >= 15 is 0 Å². The number of nitrogens with one attached hydrogen (secondary N) is 1. The molecule has 2 heterocycles. The summed E-state index contributed by atoms with van der Waals surface area (Å²) in [6.07, 6.45) is 42.5. The minimum atomic E-state index is -1.78. The van der Waals surface area contributed by atoms with E-state index in [9.17, 15) is 45.6 Å². The van der Waals surface area contributed by atoms with E-state index in [2.05, 4.69) is 31.3 Å². The van der Waals surface area contributed by atoms with Gasteiger partial charge in [0.05, 0.1) is 32.0 Å². The van der Waals surface area contributed by atoms with E-state index in [1.807, 2.05) is 0 Å². The molecule has 0 aromatic heterocycles. The van der Waals surface area contributed by atoms with Crippen LogP contribution in [-0.4, -0.2) is 140 Å². The van der Waals surface area contributed by atoms with E-state index in [-0.39, 0.29) is 12.5 Å². The minimum absolute atomic E-state index is 0.213. The molecule has 0 saturated carbocycles. The molecule has 2 aliphatic heterocycles. The highest BCUT2D eigenvalue weighted by Crippen LogP contribution is 2.30. The number of ether oxygens (including phenoxy) is 4. The maximum Gasteiger partial charge on any atom is 0.220 e. The molecule has 1 amide bonds. The molecule has 12 unspecified atom stereocenters. The van der Waals surface area contributed by atoms with E-state index in [0.29, 0.717) is 19.3 Å². The Bertz CT molecular complexity index is 1360. The number of hydrogen-bond donors (Lipinski definition) is 9. The normalized spacial score (nSPS) is 24.5. The summed E-state index contributed by atoms with van der Waals surface area (Å²) in [6, 6.07) is -0.830. The van der Waals surface area contributed by atoms with Gasteiger partial charge in [-0.2, -0.15) is 0 Å². The van der Waals surface area contributed by atoms with Crippen LogP contribution >= 0.6 is 0 Å². The quantitative estimate of drug-likeness (QED) is 0.0204. The van der Waals surface area contributed by atoms with Crippen molar-refractivity contribution in [3.05, 3.63) is 12.2 Å². The number of rotatable bonds is 54. The summed E-state index contributed by atoms with van der Waals surface area (Å²) in [5.41, 5.74) is 0. The molecule has 2 saturated heterocycles. The summed E-state index contributed by atoms with van der Waals surface area (Å²) in [4.78, 5) is 13.2. The van der Waals surface area contributed by atoms with E-state index < -0.39 is 86.8 Å². The Morgan fingerprint density at radius 3 is 1.24 bits per heavy atom. The number of aliphatic hydroxyl groups is 8. The predicted octanol–water partition coefficient (Wildman–Crippen LogP) is 12.2. The Hall–Kier alpha value is -1.27. The molecule has 0 radical (unpaired) electrons. The van der Waals surface area contributed by atoms with Crippen LogP contribution in [-0.2, 0) is 23.7 Å². The summed E-state index contributed by atoms with van der Waals surface area (Å²) in [6.45, 7) is 2.86. The van der Waals surface area contributed by atoms with E-state index in [4.69, 9.17) is 18.9 Å². The highest BCUT2D eigenvalue weighted by atomic mass is 16.7. The Balaban J connectivity index is 1.61. The fourth-order valence-electron chi connectivity index (χ4n) is 11.2. The van der Waals surface area contributed by atoms with Crippen LogP contribution in [0.5, 0.6) is 0 Å². The number of allylic oxidation sites excluding steroid dienone is 2. The average Bonchev–Trinajstić information content (AvgIpc) is 3.44. The molecule has 462 valence electrons. The lowest BCUT2D eigenvalue weighted by atomic mass is 9.97. The molecule has 0 spiro atoms. The summed E-state index contributed by atoms with van der Waals surface area (Å²) in [5, 5.41) is 87.3. The zero-order chi connectivity index (χ0) is 56.7. The number of unbranched alkanes of at least 4 members (excludes halogenated alkanes) is 39. The first kappa shape index (κ1) is 72.8. The summed E-state index contributed by atoms with van der Waals surface area (Å²) >= 11 is 0. The van der Waals surface area contributed by atoms with Gasteiger partial charge in [0.2, 0.25) is 5.91 Å². The lowest BCUT2D eigenvalue weighted by Crippen LogP contribution is -2.65. The monoisotopic (exact) mass is 1110 g/mol. The maximum absolute atomic E-state index is 13.2. The van der Waals surface area contributed by atoms with Crippen molar-refractivity contribution in [3.63, 3.8) is 0 Å². The molecule has 2 fully saturated rings. The van der Waals surface area contributed by atoms with Crippen molar-refractivity contribution in [3.8, 4) is 0 Å². The molecule has 2 rings (SSSR count). The van der Waals surface area contributed by atoms with Gasteiger partial charge in [-0.3, -0.25) is 4.79 Å². The predicted molar refractivity (Wildman–Crippen MR) is 314 cm³/mol. The standard InChI is InChI=1S/C64H123NO13/c1-3-5-7-9-11-13-15-17-18-19-20-21-22-23-24-25-26-27-28-29-30-31-32-33-34-35-36-37-39-41-43-45-47-53(68)52(65-56(69)48-46-44-42-40-38-16-14-12-10-8-6-4-2)51-75-63-61(74)59(72)62(55(50-67)77-63)78-64-60(73)58(71)57(70)54(49-66)76-64/h12,14,52-55,57-64,66-68,70-74H,3-11,13,15-51H2,1-2H3,(H,65,69)/b14-12-. The van der Waals surface area contributed by atoms with Crippen LogP contribution in [0.1, 0.15) is 296 Å². The number of carbonyl (C=O) groups is 1. The van der Waals surface area contributed by atoms with Gasteiger partial charge in [0.25, 0.3) is 0 Å². The largest absolute Gasteiger partial charge is 0.394 e. The number of aliphatic hydroxyl groups excluding tert-OH is 8. The van der Waals surface area contributed by atoms with Crippen LogP contribution in [0.4, 0.5) is 0 Å². The fraction of sp³-hybridized carbons (Fsp3) is 0.953. The van der Waals surface area contributed by atoms with Gasteiger partial charge in [-0.1, -0.05) is 264 Å². The third kappa shape index (κ3) is 35.0. The number of amides is 1. The molecule has 0 aromatic carbocycles. The minimum Gasteiger partial charge on any atom is -0.394 e. The lowest BCUT2D eigenvalue weighted by Gasteiger charge is -2.46. The van der Waals surface area contributed by atoms with Crippen molar-refractivity contribution >= 4 is 5.91 Å². The first-order chi connectivity index (χ1) is 38.1. The topological polar surface area (TPSA) is 228 Å². The third-order valence-electron chi connectivity index (χ3n) is 16.5. The molecule has 2 aliphatic rings. The van der Waals surface area contributed by atoms with Crippen molar-refractivity contribution < 1.29 is 64.6 Å². The smallest absolute Gasteiger partial charge is 0.220 e. The van der Waals surface area contributed by atoms with Gasteiger partial charge in [-0.15, -0.1) is 0 Å². The van der Waals surface area contributed by atoms with Crippen LogP contribution < -0.4 is 5.32 Å². The molecule has 9 N–H and O–H groups in total. The second kappa shape index (κ2) is 50.3. The van der Waals surface area contributed by atoms with Crippen LogP contribution in [0.3, 0.4) is 0 Å². The molecule has 14 nitrogen and oxygen atoms in total. The highest BCUT2D eigenvalue weighted by molar-refractivity contribution is 5.76. The molecule has 0 aromatic rings. The van der Waals surface area contributed by atoms with Gasteiger partial charge in [-0.05, 0) is 38.5 Å². The van der Waals surface area contributed by atoms with Crippen LogP contribution in [0, 0.1) is 0 Å². The molecular weight excluding hydrogens is 991 g/mol. The van der Waals surface area contributed by atoms with E-state index in [1.165, 1.54) is 199 Å². The SMILES string of the molecule is CCCCC/C=C\CCCCCCCC(=O)NC(COC1OC(CO)C(OC2OC(CO)C(O)C(O)C2O)C(O)C1O)C(O)CCCCCCCCCCCCCCCCCCCCCCCCCCCCCCCCCC. The summed E-state index contributed by atoms with van der Waals surface area (Å²) in [7, 11) is 0. The maximum atomic E-state index is 13.2. The average molecular weight is 1110 g/mol. The second-order valence-electron chi connectivity index (χ2n) is 23.6. The van der Waals surface area contributed by atoms with Crippen molar-refractivity contribution in [2.24, 2.45) is 0 Å². The van der Waals surface area contributed by atoms with Crippen LogP contribution in [0.25, 0.3) is 0 Å². The Labute approximate surface area is 476 Å². The van der Waals surface area contributed by atoms with Gasteiger partial charge < -0.3 is 65.1 Å². The molecule has 0 bridgehead atoms. The second-order valence-corrected chi connectivity index (χ2v) is 23.6. The summed E-state index contributed by atoms with van der Waals surface area (Å²) in [5.74, 6) is -0.213. The third-order valence-corrected chi connectivity index (χ3v) is 16.5. The van der Waals surface area contributed by atoms with Gasteiger partial charge >= 0.3 is 0 Å². The fourth-order valence-corrected chi connectivity index (χ4v) is 11.2. The van der Waals surface area contributed by atoms with Gasteiger partial charge in [-0.25, -0.2) is 0 Å². The Morgan fingerprint density at radius 1 is 0.449 bits per heavy atom. The number of carbonyl (C=O) groups excluding carboxylic acids is 1. The van der Waals surface area contributed by atoms with Crippen LogP contribution in [0.15, 0.2) is 12.2 Å². The zero-order valence-electron chi connectivity index (χ0n) is 49.9. The van der Waals surface area contributed by atoms with Gasteiger partial charge in [0.15, 0.2) is 12.6 Å². The van der Waals surface area contributed by atoms with Crippen molar-refractivity contribution in [1.82, 2.24) is 5.32 Å². The Morgan fingerprint density at radius 2 is 0.808 bits per heavy atom. The molecule has 14 heteroatoms. The van der Waals surface area contributed by atoms with Gasteiger partial charge in [0, 0.05) is 6.42 Å². The Kier molecular flexibility index (Phi) is 46.9. The van der Waals surface area contributed by atoms with E-state index in [1.54, 1.807) is 0 Å². The van der Waals surface area contributed by atoms with Crippen molar-refractivity contribution in [2.75, 3.05) is 19.8 Å². The number of hydrogen-bond acceptors (Lipinski definition) is 13. The highest BCUT2D eigenvalue weighted by Gasteiger charge is 2.51. The van der Waals surface area contributed by atoms with Crippen molar-refractivity contribution in [2.45, 2.75) is 370 Å². The van der Waals surface area contributed by atoms with Crippen molar-refractivity contribution in [1.29, 1.82) is 0 Å².